The van der Waals surface area contributed by atoms with Crippen molar-refractivity contribution in [2.75, 3.05) is 18.6 Å². The Bertz CT molecular complexity index is 287. The third kappa shape index (κ3) is 3.95. The normalized spacial score (nSPS) is 12.4. The highest BCUT2D eigenvalue weighted by molar-refractivity contribution is 7.98. The molecule has 5 heteroatoms. The van der Waals surface area contributed by atoms with Gasteiger partial charge in [-0.05, 0) is 31.4 Å². The number of hydrogen-bond acceptors (Lipinski definition) is 3. The van der Waals surface area contributed by atoms with E-state index in [-0.39, 0.29) is 11.9 Å². The highest BCUT2D eigenvalue weighted by Gasteiger charge is 2.13. The Hall–Kier alpha value is -0.970. The molecule has 4 nitrogen and oxygen atoms in total. The molecule has 0 aliphatic heterocycles. The zero-order chi connectivity index (χ0) is 11.1. The van der Waals surface area contributed by atoms with Crippen LogP contribution in [0.2, 0.25) is 0 Å². The zero-order valence-electron chi connectivity index (χ0n) is 9.14. The molecule has 0 aromatic carbocycles. The van der Waals surface area contributed by atoms with E-state index in [1.165, 1.54) is 0 Å². The lowest BCUT2D eigenvalue weighted by atomic mass is 10.3. The summed E-state index contributed by atoms with van der Waals surface area (Å²) in [7, 11) is 0. The molecule has 84 valence electrons. The van der Waals surface area contributed by atoms with Crippen LogP contribution in [0.3, 0.4) is 0 Å². The Morgan fingerprint density at radius 2 is 2.47 bits per heavy atom. The minimum atomic E-state index is -0.228. The molecule has 1 atom stereocenters. The van der Waals surface area contributed by atoms with E-state index in [4.69, 9.17) is 0 Å². The first-order chi connectivity index (χ1) is 7.25. The van der Waals surface area contributed by atoms with E-state index in [1.807, 2.05) is 13.0 Å². The quantitative estimate of drug-likeness (QED) is 0.745. The predicted molar refractivity (Wildman–Crippen MR) is 62.9 cm³/mol. The van der Waals surface area contributed by atoms with Crippen molar-refractivity contribution in [1.82, 2.24) is 15.1 Å². The molecule has 0 radical (unpaired) electrons. The van der Waals surface area contributed by atoms with Crippen LogP contribution in [-0.2, 0) is 4.79 Å². The van der Waals surface area contributed by atoms with Gasteiger partial charge in [0.2, 0.25) is 5.91 Å². The summed E-state index contributed by atoms with van der Waals surface area (Å²) in [6.45, 7) is 2.59. The van der Waals surface area contributed by atoms with Gasteiger partial charge in [-0.2, -0.15) is 16.9 Å². The van der Waals surface area contributed by atoms with Crippen LogP contribution >= 0.6 is 11.8 Å². The van der Waals surface area contributed by atoms with Crippen LogP contribution < -0.4 is 5.32 Å². The molecule has 0 aliphatic carbocycles. The van der Waals surface area contributed by atoms with Crippen LogP contribution in [0.15, 0.2) is 18.5 Å². The minimum Gasteiger partial charge on any atom is -0.354 e. The minimum absolute atomic E-state index is 0.0276. The Kier molecular flexibility index (Phi) is 5.25. The molecule has 15 heavy (non-hydrogen) atoms. The summed E-state index contributed by atoms with van der Waals surface area (Å²) in [5, 5.41) is 6.93. The first kappa shape index (κ1) is 12.1. The van der Waals surface area contributed by atoms with Gasteiger partial charge in [-0.15, -0.1) is 0 Å². The standard InChI is InChI=1S/C10H17N3OS/c1-9(13-7-3-6-12-13)10(14)11-5-4-8-15-2/h3,6-7,9H,4-5,8H2,1-2H3,(H,11,14). The second-order valence-corrected chi connectivity index (χ2v) is 4.29. The molecule has 0 aliphatic rings. The van der Waals surface area contributed by atoms with E-state index in [9.17, 15) is 4.79 Å². The molecule has 0 fully saturated rings. The van der Waals surface area contributed by atoms with Crippen LogP contribution in [0.4, 0.5) is 0 Å². The maximum absolute atomic E-state index is 11.6. The molecule has 1 amide bonds. The highest BCUT2D eigenvalue weighted by atomic mass is 32.2. The summed E-state index contributed by atoms with van der Waals surface area (Å²) in [6, 6.07) is 1.59. The summed E-state index contributed by atoms with van der Waals surface area (Å²) in [6.07, 6.45) is 6.55. The third-order valence-electron chi connectivity index (χ3n) is 2.13. The van der Waals surface area contributed by atoms with E-state index < -0.39 is 0 Å². The molecule has 0 spiro atoms. The number of carbonyl (C=O) groups excluding carboxylic acids is 1. The lowest BCUT2D eigenvalue weighted by molar-refractivity contribution is -0.124. The van der Waals surface area contributed by atoms with Crippen LogP contribution in [0.1, 0.15) is 19.4 Å². The SMILES string of the molecule is CSCCCNC(=O)C(C)n1cccn1. The molecule has 0 saturated carbocycles. The van der Waals surface area contributed by atoms with Crippen LogP contribution in [0, 0.1) is 0 Å². The Labute approximate surface area is 94.4 Å². The van der Waals surface area contributed by atoms with E-state index in [0.717, 1.165) is 18.7 Å². The van der Waals surface area contributed by atoms with Gasteiger partial charge in [-0.3, -0.25) is 9.48 Å². The molecule has 1 rings (SSSR count). The second kappa shape index (κ2) is 6.50. The average Bonchev–Trinajstić information content (AvgIpc) is 2.76. The van der Waals surface area contributed by atoms with Gasteiger partial charge >= 0.3 is 0 Å². The number of nitrogens with one attached hydrogen (secondary N) is 1. The fraction of sp³-hybridized carbons (Fsp3) is 0.600. The second-order valence-electron chi connectivity index (χ2n) is 3.30. The van der Waals surface area contributed by atoms with Crippen molar-refractivity contribution in [3.8, 4) is 0 Å². The van der Waals surface area contributed by atoms with Gasteiger partial charge in [-0.25, -0.2) is 0 Å². The molecule has 1 N–H and O–H groups in total. The number of aromatic nitrogens is 2. The van der Waals surface area contributed by atoms with Crippen LogP contribution in [-0.4, -0.2) is 34.2 Å². The fourth-order valence-electron chi connectivity index (χ4n) is 1.21. The first-order valence-corrected chi connectivity index (χ1v) is 6.41. The maximum Gasteiger partial charge on any atom is 0.244 e. The average molecular weight is 227 g/mol. The lowest BCUT2D eigenvalue weighted by Crippen LogP contribution is -2.32. The van der Waals surface area contributed by atoms with Gasteiger partial charge in [-0.1, -0.05) is 0 Å². The van der Waals surface area contributed by atoms with Gasteiger partial charge < -0.3 is 5.32 Å². The van der Waals surface area contributed by atoms with E-state index in [0.29, 0.717) is 0 Å². The molecule has 1 aromatic rings. The van der Waals surface area contributed by atoms with Crippen molar-refractivity contribution >= 4 is 17.7 Å². The fourth-order valence-corrected chi connectivity index (χ4v) is 1.64. The number of nitrogens with zero attached hydrogens (tertiary/aromatic N) is 2. The smallest absolute Gasteiger partial charge is 0.244 e. The van der Waals surface area contributed by atoms with E-state index in [1.54, 1.807) is 28.8 Å². The molecular formula is C10H17N3OS. The number of thioether (sulfide) groups is 1. The first-order valence-electron chi connectivity index (χ1n) is 5.01. The van der Waals surface area contributed by atoms with Crippen molar-refractivity contribution in [3.05, 3.63) is 18.5 Å². The zero-order valence-corrected chi connectivity index (χ0v) is 9.96. The Morgan fingerprint density at radius 1 is 1.67 bits per heavy atom. The molecule has 1 heterocycles. The van der Waals surface area contributed by atoms with E-state index in [2.05, 4.69) is 16.7 Å². The Balaban J connectivity index is 2.28. The van der Waals surface area contributed by atoms with Gasteiger partial charge in [0.15, 0.2) is 0 Å². The molecular weight excluding hydrogens is 210 g/mol. The van der Waals surface area contributed by atoms with Gasteiger partial charge in [0.05, 0.1) is 0 Å². The predicted octanol–water partition coefficient (Wildman–Crippen LogP) is 1.31. The Morgan fingerprint density at radius 3 is 3.07 bits per heavy atom. The summed E-state index contributed by atoms with van der Waals surface area (Å²) >= 11 is 1.79. The number of carbonyl (C=O) groups is 1. The summed E-state index contributed by atoms with van der Waals surface area (Å²) < 4.78 is 1.66. The van der Waals surface area contributed by atoms with Gasteiger partial charge in [0, 0.05) is 18.9 Å². The van der Waals surface area contributed by atoms with Gasteiger partial charge in [0.25, 0.3) is 0 Å². The third-order valence-corrected chi connectivity index (χ3v) is 2.82. The maximum atomic E-state index is 11.6. The van der Waals surface area contributed by atoms with Crippen molar-refractivity contribution in [3.63, 3.8) is 0 Å². The summed E-state index contributed by atoms with van der Waals surface area (Å²) in [4.78, 5) is 11.6. The van der Waals surface area contributed by atoms with Crippen molar-refractivity contribution in [2.24, 2.45) is 0 Å². The molecule has 0 saturated heterocycles. The number of hydrogen-bond donors (Lipinski definition) is 1. The van der Waals surface area contributed by atoms with Crippen LogP contribution in [0.5, 0.6) is 0 Å². The number of rotatable bonds is 6. The van der Waals surface area contributed by atoms with E-state index >= 15 is 0 Å². The monoisotopic (exact) mass is 227 g/mol. The van der Waals surface area contributed by atoms with Crippen molar-refractivity contribution in [1.29, 1.82) is 0 Å². The summed E-state index contributed by atoms with van der Waals surface area (Å²) in [5.74, 6) is 1.11. The largest absolute Gasteiger partial charge is 0.354 e. The molecule has 1 unspecified atom stereocenters. The van der Waals surface area contributed by atoms with Gasteiger partial charge in [0.1, 0.15) is 6.04 Å². The van der Waals surface area contributed by atoms with Crippen molar-refractivity contribution < 1.29 is 4.79 Å². The molecule has 1 aromatic heterocycles. The topological polar surface area (TPSA) is 46.9 Å². The summed E-state index contributed by atoms with van der Waals surface area (Å²) in [5.41, 5.74) is 0. The number of amides is 1. The van der Waals surface area contributed by atoms with Crippen molar-refractivity contribution in [2.45, 2.75) is 19.4 Å². The van der Waals surface area contributed by atoms with Crippen LogP contribution in [0.25, 0.3) is 0 Å². The highest BCUT2D eigenvalue weighted by Crippen LogP contribution is 2.02. The molecule has 0 bridgehead atoms. The lowest BCUT2D eigenvalue weighted by Gasteiger charge is -2.12.